The second kappa shape index (κ2) is 4.13. The van der Waals surface area contributed by atoms with Crippen molar-refractivity contribution in [3.05, 3.63) is 35.9 Å². The summed E-state index contributed by atoms with van der Waals surface area (Å²) in [5.74, 6) is 0. The molecule has 1 saturated heterocycles. The predicted molar refractivity (Wildman–Crippen MR) is 72.0 cm³/mol. The first-order valence-electron chi connectivity index (χ1n) is 7.19. The van der Waals surface area contributed by atoms with E-state index in [1.54, 1.807) is 5.56 Å². The van der Waals surface area contributed by atoms with Gasteiger partial charge in [-0.25, -0.2) is 0 Å². The van der Waals surface area contributed by atoms with Gasteiger partial charge in [-0.15, -0.1) is 0 Å². The van der Waals surface area contributed by atoms with Crippen LogP contribution < -0.4 is 0 Å². The average molecular weight is 230 g/mol. The van der Waals surface area contributed by atoms with Gasteiger partial charge >= 0.3 is 0 Å². The van der Waals surface area contributed by atoms with E-state index in [2.05, 4.69) is 37.3 Å². The standard InChI is InChI=1S/C16H24N/c1-2-17(12-6-7-13-17)14-16(10-11-16)15-8-4-3-5-9-15/h3-5,8-9H,2,6-7,10-14H2,1H3/q+1. The van der Waals surface area contributed by atoms with Gasteiger partial charge in [-0.3, -0.25) is 0 Å². The Bertz CT molecular complexity index is 372. The molecule has 0 radical (unpaired) electrons. The molecule has 0 unspecified atom stereocenters. The average Bonchev–Trinajstić information content (AvgIpc) is 3.01. The van der Waals surface area contributed by atoms with Gasteiger partial charge in [0.25, 0.3) is 0 Å². The van der Waals surface area contributed by atoms with Crippen LogP contribution in [0.5, 0.6) is 0 Å². The van der Waals surface area contributed by atoms with E-state index in [4.69, 9.17) is 0 Å². The highest BCUT2D eigenvalue weighted by Gasteiger charge is 2.51. The summed E-state index contributed by atoms with van der Waals surface area (Å²) in [6.45, 7) is 7.95. The Morgan fingerprint density at radius 1 is 1.06 bits per heavy atom. The fraction of sp³-hybridized carbons (Fsp3) is 0.625. The molecule has 0 amide bonds. The fourth-order valence-corrected chi connectivity index (χ4v) is 3.72. The van der Waals surface area contributed by atoms with Crippen molar-refractivity contribution in [1.82, 2.24) is 0 Å². The van der Waals surface area contributed by atoms with Gasteiger partial charge in [0.05, 0.1) is 26.2 Å². The minimum absolute atomic E-state index is 0.543. The van der Waals surface area contributed by atoms with Gasteiger partial charge in [0.15, 0.2) is 0 Å². The predicted octanol–water partition coefficient (Wildman–Crippen LogP) is 3.35. The summed E-state index contributed by atoms with van der Waals surface area (Å²) in [7, 11) is 0. The van der Waals surface area contributed by atoms with Gasteiger partial charge < -0.3 is 4.48 Å². The molecule has 1 heteroatoms. The normalized spacial score (nSPS) is 24.8. The third-order valence-electron chi connectivity index (χ3n) is 5.06. The van der Waals surface area contributed by atoms with Gasteiger partial charge in [-0.1, -0.05) is 30.3 Å². The molecule has 1 aliphatic carbocycles. The van der Waals surface area contributed by atoms with Crippen molar-refractivity contribution in [3.8, 4) is 0 Å². The third kappa shape index (κ3) is 2.01. The summed E-state index contributed by atoms with van der Waals surface area (Å²) in [6, 6.07) is 11.2. The number of hydrogen-bond donors (Lipinski definition) is 0. The fourth-order valence-electron chi connectivity index (χ4n) is 3.72. The lowest BCUT2D eigenvalue weighted by Crippen LogP contribution is -2.49. The smallest absolute Gasteiger partial charge is 0.0884 e. The van der Waals surface area contributed by atoms with E-state index in [1.165, 1.54) is 56.3 Å². The van der Waals surface area contributed by atoms with Gasteiger partial charge in [0, 0.05) is 18.3 Å². The monoisotopic (exact) mass is 230 g/mol. The zero-order valence-corrected chi connectivity index (χ0v) is 11.0. The van der Waals surface area contributed by atoms with Crippen molar-refractivity contribution in [2.75, 3.05) is 26.2 Å². The molecule has 0 aromatic heterocycles. The van der Waals surface area contributed by atoms with E-state index in [-0.39, 0.29) is 0 Å². The van der Waals surface area contributed by atoms with E-state index < -0.39 is 0 Å². The van der Waals surface area contributed by atoms with Crippen molar-refractivity contribution < 1.29 is 4.48 Å². The molecule has 0 atom stereocenters. The van der Waals surface area contributed by atoms with Gasteiger partial charge in [-0.2, -0.15) is 0 Å². The van der Waals surface area contributed by atoms with Crippen molar-refractivity contribution in [2.24, 2.45) is 0 Å². The van der Waals surface area contributed by atoms with Crippen molar-refractivity contribution in [2.45, 2.75) is 38.0 Å². The lowest BCUT2D eigenvalue weighted by Gasteiger charge is -2.37. The van der Waals surface area contributed by atoms with E-state index in [0.717, 1.165) is 0 Å². The number of rotatable bonds is 4. The van der Waals surface area contributed by atoms with Crippen LogP contribution in [0.3, 0.4) is 0 Å². The molecule has 2 fully saturated rings. The highest BCUT2D eigenvalue weighted by Crippen LogP contribution is 2.50. The molecule has 0 spiro atoms. The van der Waals surface area contributed by atoms with Crippen LogP contribution in [-0.2, 0) is 5.41 Å². The molecule has 3 rings (SSSR count). The Balaban J connectivity index is 1.80. The second-order valence-corrected chi connectivity index (χ2v) is 6.12. The summed E-state index contributed by atoms with van der Waals surface area (Å²) in [6.07, 6.45) is 5.71. The third-order valence-corrected chi connectivity index (χ3v) is 5.06. The van der Waals surface area contributed by atoms with Crippen LogP contribution in [0.25, 0.3) is 0 Å². The molecule has 0 N–H and O–H groups in total. The molecule has 1 saturated carbocycles. The molecule has 2 aliphatic rings. The molecular formula is C16H24N+. The maximum Gasteiger partial charge on any atom is 0.0884 e. The molecule has 1 aliphatic heterocycles. The number of likely N-dealkylation sites (N-methyl/N-ethyl adjacent to an activating group) is 1. The van der Waals surface area contributed by atoms with Crippen molar-refractivity contribution in [3.63, 3.8) is 0 Å². The maximum absolute atomic E-state index is 2.38. The molecular weight excluding hydrogens is 206 g/mol. The van der Waals surface area contributed by atoms with Crippen LogP contribution >= 0.6 is 0 Å². The Hall–Kier alpha value is -0.820. The topological polar surface area (TPSA) is 0 Å². The summed E-state index contributed by atoms with van der Waals surface area (Å²) in [5, 5.41) is 0. The number of nitrogens with zero attached hydrogens (tertiary/aromatic N) is 1. The SMILES string of the molecule is CC[N+]1(CC2(c3ccccc3)CC2)CCCC1. The summed E-state index contributed by atoms with van der Waals surface area (Å²) >= 11 is 0. The number of quaternary nitrogens is 1. The molecule has 1 aromatic rings. The van der Waals surface area contributed by atoms with Crippen LogP contribution in [0.1, 0.15) is 38.2 Å². The van der Waals surface area contributed by atoms with Crippen molar-refractivity contribution >= 4 is 0 Å². The second-order valence-electron chi connectivity index (χ2n) is 6.12. The molecule has 17 heavy (non-hydrogen) atoms. The first-order valence-corrected chi connectivity index (χ1v) is 7.19. The minimum atomic E-state index is 0.543. The molecule has 1 nitrogen and oxygen atoms in total. The maximum atomic E-state index is 2.38. The Labute approximate surface area is 105 Å². The number of benzene rings is 1. The van der Waals surface area contributed by atoms with Crippen LogP contribution in [0.2, 0.25) is 0 Å². The Morgan fingerprint density at radius 3 is 2.24 bits per heavy atom. The summed E-state index contributed by atoms with van der Waals surface area (Å²) < 4.78 is 1.38. The number of likely N-dealkylation sites (tertiary alicyclic amines) is 1. The first kappa shape index (κ1) is 11.3. The quantitative estimate of drug-likeness (QED) is 0.696. The van der Waals surface area contributed by atoms with Crippen molar-refractivity contribution in [1.29, 1.82) is 0 Å². The molecule has 1 heterocycles. The van der Waals surface area contributed by atoms with E-state index in [9.17, 15) is 0 Å². The minimum Gasteiger partial charge on any atom is -0.323 e. The van der Waals surface area contributed by atoms with Crippen LogP contribution in [0.15, 0.2) is 30.3 Å². The summed E-state index contributed by atoms with van der Waals surface area (Å²) in [4.78, 5) is 0. The van der Waals surface area contributed by atoms with E-state index in [1.807, 2.05) is 0 Å². The first-order chi connectivity index (χ1) is 8.29. The van der Waals surface area contributed by atoms with Gasteiger partial charge in [-0.05, 0) is 25.3 Å². The highest BCUT2D eigenvalue weighted by atomic mass is 15.4. The molecule has 0 bridgehead atoms. The van der Waals surface area contributed by atoms with Crippen LogP contribution in [0.4, 0.5) is 0 Å². The summed E-state index contributed by atoms with van der Waals surface area (Å²) in [5.41, 5.74) is 2.14. The van der Waals surface area contributed by atoms with E-state index in [0.29, 0.717) is 5.41 Å². The molecule has 1 aromatic carbocycles. The largest absolute Gasteiger partial charge is 0.323 e. The number of hydrogen-bond acceptors (Lipinski definition) is 0. The van der Waals surface area contributed by atoms with Crippen LogP contribution in [-0.4, -0.2) is 30.7 Å². The zero-order valence-electron chi connectivity index (χ0n) is 11.0. The lowest BCUT2D eigenvalue weighted by atomic mass is 9.94. The van der Waals surface area contributed by atoms with Crippen LogP contribution in [0, 0.1) is 0 Å². The Kier molecular flexibility index (Phi) is 2.74. The molecule has 92 valence electrons. The highest BCUT2D eigenvalue weighted by molar-refractivity contribution is 5.31. The van der Waals surface area contributed by atoms with Gasteiger partial charge in [0.2, 0.25) is 0 Å². The van der Waals surface area contributed by atoms with Gasteiger partial charge in [0.1, 0.15) is 0 Å². The zero-order chi connectivity index (χ0) is 11.8. The lowest BCUT2D eigenvalue weighted by molar-refractivity contribution is -0.917. The Morgan fingerprint density at radius 2 is 1.71 bits per heavy atom. The van der Waals surface area contributed by atoms with E-state index >= 15 is 0 Å².